The molecule has 0 spiro atoms. The molecule has 0 aliphatic rings. The highest BCUT2D eigenvalue weighted by Gasteiger charge is 2.07. The van der Waals surface area contributed by atoms with Crippen LogP contribution >= 0.6 is 15.9 Å². The molecule has 5 heteroatoms. The minimum absolute atomic E-state index is 0.190. The summed E-state index contributed by atoms with van der Waals surface area (Å²) < 4.78 is 5.90. The molecule has 1 aromatic carbocycles. The molecule has 0 saturated carbocycles. The molecule has 0 bridgehead atoms. The lowest BCUT2D eigenvalue weighted by Crippen LogP contribution is -2.26. The van der Waals surface area contributed by atoms with Gasteiger partial charge >= 0.3 is 5.97 Å². The third kappa shape index (κ3) is 6.70. The first-order valence-corrected chi connectivity index (χ1v) is 7.62. The Bertz CT molecular complexity index is 448. The Morgan fingerprint density at radius 3 is 2.80 bits per heavy atom. The maximum absolute atomic E-state index is 11.8. The average Bonchev–Trinajstić information content (AvgIpc) is 2.43. The second-order valence-electron chi connectivity index (χ2n) is 4.44. The number of esters is 1. The lowest BCUT2D eigenvalue weighted by molar-refractivity contribution is -0.143. The molecule has 0 saturated heterocycles. The molecule has 20 heavy (non-hydrogen) atoms. The van der Waals surface area contributed by atoms with Crippen molar-refractivity contribution in [3.63, 3.8) is 0 Å². The van der Waals surface area contributed by atoms with Crippen LogP contribution in [0, 0.1) is 0 Å². The second-order valence-corrected chi connectivity index (χ2v) is 5.36. The van der Waals surface area contributed by atoms with E-state index in [1.807, 2.05) is 6.07 Å². The van der Waals surface area contributed by atoms with Gasteiger partial charge in [-0.25, -0.2) is 0 Å². The molecular formula is C15H20BrNO3. The molecule has 0 radical (unpaired) electrons. The van der Waals surface area contributed by atoms with Crippen molar-refractivity contribution >= 4 is 27.8 Å². The summed E-state index contributed by atoms with van der Waals surface area (Å²) in [5.74, 6) is -0.458. The Morgan fingerprint density at radius 1 is 1.30 bits per heavy atom. The van der Waals surface area contributed by atoms with Crippen LogP contribution in [0.5, 0.6) is 0 Å². The van der Waals surface area contributed by atoms with Crippen molar-refractivity contribution in [1.82, 2.24) is 5.32 Å². The molecule has 1 N–H and O–H groups in total. The van der Waals surface area contributed by atoms with E-state index in [-0.39, 0.29) is 24.8 Å². The monoisotopic (exact) mass is 341 g/mol. The van der Waals surface area contributed by atoms with Gasteiger partial charge in [-0.1, -0.05) is 41.8 Å². The van der Waals surface area contributed by atoms with Gasteiger partial charge in [-0.05, 0) is 24.6 Å². The van der Waals surface area contributed by atoms with Gasteiger partial charge in [0.25, 0.3) is 5.91 Å². The zero-order chi connectivity index (χ0) is 14.8. The maximum Gasteiger partial charge on any atom is 0.307 e. The zero-order valence-corrected chi connectivity index (χ0v) is 13.2. The molecule has 110 valence electrons. The summed E-state index contributed by atoms with van der Waals surface area (Å²) in [6.07, 6.45) is 3.26. The van der Waals surface area contributed by atoms with Crippen LogP contribution in [0.1, 0.15) is 43.0 Å². The second kappa shape index (κ2) is 9.53. The fourth-order valence-corrected chi connectivity index (χ4v) is 2.02. The number of amides is 1. The third-order valence-electron chi connectivity index (χ3n) is 2.71. The first-order chi connectivity index (χ1) is 9.63. The van der Waals surface area contributed by atoms with Crippen molar-refractivity contribution in [2.45, 2.75) is 32.6 Å². The number of ether oxygens (including phenoxy) is 1. The van der Waals surface area contributed by atoms with Crippen LogP contribution in [0.3, 0.4) is 0 Å². The topological polar surface area (TPSA) is 55.4 Å². The molecule has 0 unspecified atom stereocenters. The molecule has 0 aliphatic carbocycles. The minimum atomic E-state index is -0.268. The number of halogens is 1. The fraction of sp³-hybridized carbons (Fsp3) is 0.467. The van der Waals surface area contributed by atoms with Crippen LogP contribution in [0.4, 0.5) is 0 Å². The van der Waals surface area contributed by atoms with Crippen LogP contribution < -0.4 is 5.32 Å². The smallest absolute Gasteiger partial charge is 0.307 e. The minimum Gasteiger partial charge on any atom is -0.466 e. The molecule has 0 aromatic heterocycles. The van der Waals surface area contributed by atoms with Crippen LogP contribution in [-0.4, -0.2) is 25.0 Å². The summed E-state index contributed by atoms with van der Waals surface area (Å²) >= 11 is 3.31. The molecule has 1 rings (SSSR count). The van der Waals surface area contributed by atoms with Crippen molar-refractivity contribution < 1.29 is 14.3 Å². The van der Waals surface area contributed by atoms with Crippen molar-refractivity contribution in [2.75, 3.05) is 13.2 Å². The van der Waals surface area contributed by atoms with Gasteiger partial charge in [0.1, 0.15) is 0 Å². The van der Waals surface area contributed by atoms with Gasteiger partial charge in [0.05, 0.1) is 13.0 Å². The summed E-state index contributed by atoms with van der Waals surface area (Å²) in [4.78, 5) is 23.2. The molecule has 1 amide bonds. The summed E-state index contributed by atoms with van der Waals surface area (Å²) in [5, 5.41) is 2.70. The SMILES string of the molecule is CCCCCOC(=O)CCNC(=O)c1cccc(Br)c1. The molecule has 1 aromatic rings. The Morgan fingerprint density at radius 2 is 2.10 bits per heavy atom. The van der Waals surface area contributed by atoms with E-state index in [2.05, 4.69) is 28.2 Å². The Hall–Kier alpha value is -1.36. The number of hydrogen-bond acceptors (Lipinski definition) is 3. The van der Waals surface area contributed by atoms with Crippen molar-refractivity contribution in [3.05, 3.63) is 34.3 Å². The van der Waals surface area contributed by atoms with Gasteiger partial charge in [0, 0.05) is 16.6 Å². The number of nitrogens with one attached hydrogen (secondary N) is 1. The van der Waals surface area contributed by atoms with E-state index in [4.69, 9.17) is 4.74 Å². The van der Waals surface area contributed by atoms with Gasteiger partial charge in [-0.15, -0.1) is 0 Å². The van der Waals surface area contributed by atoms with Gasteiger partial charge in [-0.3, -0.25) is 9.59 Å². The average molecular weight is 342 g/mol. The van der Waals surface area contributed by atoms with Crippen LogP contribution in [0.2, 0.25) is 0 Å². The maximum atomic E-state index is 11.8. The zero-order valence-electron chi connectivity index (χ0n) is 11.7. The van der Waals surface area contributed by atoms with E-state index in [0.29, 0.717) is 12.2 Å². The Kier molecular flexibility index (Phi) is 7.95. The molecule has 0 aliphatic heterocycles. The summed E-state index contributed by atoms with van der Waals surface area (Å²) in [6.45, 7) is 2.85. The lowest BCUT2D eigenvalue weighted by Gasteiger charge is -2.06. The van der Waals surface area contributed by atoms with E-state index in [9.17, 15) is 9.59 Å². The number of rotatable bonds is 8. The highest BCUT2D eigenvalue weighted by Crippen LogP contribution is 2.11. The van der Waals surface area contributed by atoms with Crippen LogP contribution in [0.25, 0.3) is 0 Å². The molecule has 4 nitrogen and oxygen atoms in total. The normalized spacial score (nSPS) is 10.1. The Balaban J connectivity index is 2.20. The Labute approximate surface area is 128 Å². The van der Waals surface area contributed by atoms with Crippen LogP contribution in [-0.2, 0) is 9.53 Å². The van der Waals surface area contributed by atoms with E-state index < -0.39 is 0 Å². The van der Waals surface area contributed by atoms with Crippen molar-refractivity contribution in [1.29, 1.82) is 0 Å². The summed E-state index contributed by atoms with van der Waals surface area (Å²) in [6, 6.07) is 7.10. The summed E-state index contributed by atoms with van der Waals surface area (Å²) in [5.41, 5.74) is 0.565. The van der Waals surface area contributed by atoms with Crippen LogP contribution in [0.15, 0.2) is 28.7 Å². The number of benzene rings is 1. The molecular weight excluding hydrogens is 322 g/mol. The number of hydrogen-bond donors (Lipinski definition) is 1. The quantitative estimate of drug-likeness (QED) is 0.583. The van der Waals surface area contributed by atoms with Gasteiger partial charge in [0.2, 0.25) is 0 Å². The van der Waals surface area contributed by atoms with E-state index in [0.717, 1.165) is 23.7 Å². The largest absolute Gasteiger partial charge is 0.466 e. The van der Waals surface area contributed by atoms with Crippen molar-refractivity contribution in [2.24, 2.45) is 0 Å². The van der Waals surface area contributed by atoms with Gasteiger partial charge in [-0.2, -0.15) is 0 Å². The number of carbonyl (C=O) groups is 2. The van der Waals surface area contributed by atoms with Crippen molar-refractivity contribution in [3.8, 4) is 0 Å². The van der Waals surface area contributed by atoms with E-state index >= 15 is 0 Å². The first kappa shape index (κ1) is 16.7. The lowest BCUT2D eigenvalue weighted by atomic mass is 10.2. The van der Waals surface area contributed by atoms with E-state index in [1.54, 1.807) is 18.2 Å². The molecule has 0 fully saturated rings. The number of unbranched alkanes of at least 4 members (excludes halogenated alkanes) is 2. The standard InChI is InChI=1S/C15H20BrNO3/c1-2-3-4-10-20-14(18)8-9-17-15(19)12-6-5-7-13(16)11-12/h5-7,11H,2-4,8-10H2,1H3,(H,17,19). The third-order valence-corrected chi connectivity index (χ3v) is 3.21. The molecule has 0 heterocycles. The highest BCUT2D eigenvalue weighted by molar-refractivity contribution is 9.10. The predicted molar refractivity (Wildman–Crippen MR) is 81.6 cm³/mol. The van der Waals surface area contributed by atoms with Gasteiger partial charge < -0.3 is 10.1 Å². The molecule has 0 atom stereocenters. The predicted octanol–water partition coefficient (Wildman–Crippen LogP) is 3.30. The van der Waals surface area contributed by atoms with E-state index in [1.165, 1.54) is 0 Å². The fourth-order valence-electron chi connectivity index (χ4n) is 1.62. The number of carbonyl (C=O) groups excluding carboxylic acids is 2. The first-order valence-electron chi connectivity index (χ1n) is 6.83. The summed E-state index contributed by atoms with van der Waals surface area (Å²) in [7, 11) is 0. The van der Waals surface area contributed by atoms with Gasteiger partial charge in [0.15, 0.2) is 0 Å². The highest BCUT2D eigenvalue weighted by atomic mass is 79.9.